The summed E-state index contributed by atoms with van der Waals surface area (Å²) in [5.41, 5.74) is -0.0204. The van der Waals surface area contributed by atoms with Crippen molar-refractivity contribution in [1.29, 1.82) is 0 Å². The van der Waals surface area contributed by atoms with Gasteiger partial charge in [0.05, 0.1) is 22.8 Å². The van der Waals surface area contributed by atoms with Crippen molar-refractivity contribution in [2.24, 2.45) is 0 Å². The molecule has 5 heteroatoms. The van der Waals surface area contributed by atoms with Gasteiger partial charge >= 0.3 is 0 Å². The average Bonchev–Trinajstić information content (AvgIpc) is 2.94. The Morgan fingerprint density at radius 2 is 2.41 bits per heavy atom. The molecule has 94 valence electrons. The molecule has 1 aromatic heterocycles. The first-order chi connectivity index (χ1) is 8.26. The van der Waals surface area contributed by atoms with Crippen LogP contribution in [0.15, 0.2) is 16.9 Å². The molecule has 1 saturated heterocycles. The molecule has 1 saturated carbocycles. The van der Waals surface area contributed by atoms with E-state index < -0.39 is 0 Å². The summed E-state index contributed by atoms with van der Waals surface area (Å²) in [6.45, 7) is 1.67. The van der Waals surface area contributed by atoms with Crippen LogP contribution in [0, 0.1) is 0 Å². The van der Waals surface area contributed by atoms with Gasteiger partial charge in [-0.15, -0.1) is 0 Å². The zero-order chi connectivity index (χ0) is 11.7. The molecule has 0 bridgehead atoms. The first kappa shape index (κ1) is 11.7. The fourth-order valence-corrected chi connectivity index (χ4v) is 2.58. The molecule has 3 rings (SSSR count). The van der Waals surface area contributed by atoms with Gasteiger partial charge in [-0.3, -0.25) is 4.68 Å². The summed E-state index contributed by atoms with van der Waals surface area (Å²) in [5, 5.41) is 4.28. The first-order valence-corrected chi connectivity index (χ1v) is 7.03. The van der Waals surface area contributed by atoms with Crippen molar-refractivity contribution in [3.05, 3.63) is 16.9 Å². The molecule has 0 spiro atoms. The monoisotopic (exact) mass is 300 g/mol. The SMILES string of the molecule is Brc1cnn(CC2(OC3CCCCO3)CC2)c1. The largest absolute Gasteiger partial charge is 0.353 e. The molecule has 2 heterocycles. The summed E-state index contributed by atoms with van der Waals surface area (Å²) >= 11 is 3.41. The molecule has 0 N–H and O–H groups in total. The van der Waals surface area contributed by atoms with E-state index in [1.165, 1.54) is 12.8 Å². The van der Waals surface area contributed by atoms with Crippen molar-refractivity contribution in [1.82, 2.24) is 9.78 Å². The van der Waals surface area contributed by atoms with E-state index in [9.17, 15) is 0 Å². The lowest BCUT2D eigenvalue weighted by Crippen LogP contribution is -2.32. The van der Waals surface area contributed by atoms with Gasteiger partial charge in [0.2, 0.25) is 0 Å². The predicted octanol–water partition coefficient (Wildman–Crippen LogP) is 2.72. The maximum atomic E-state index is 6.10. The standard InChI is InChI=1S/C12H17BrN2O2/c13-10-7-14-15(8-10)9-12(4-5-12)17-11-3-1-2-6-16-11/h7-8,11H,1-6,9H2. The molecule has 1 aromatic rings. The molecule has 1 aliphatic carbocycles. The summed E-state index contributed by atoms with van der Waals surface area (Å²) in [6, 6.07) is 0. The van der Waals surface area contributed by atoms with Crippen LogP contribution in [-0.2, 0) is 16.0 Å². The van der Waals surface area contributed by atoms with Crippen LogP contribution in [0.4, 0.5) is 0 Å². The molecular formula is C12H17BrN2O2. The van der Waals surface area contributed by atoms with Crippen molar-refractivity contribution >= 4 is 15.9 Å². The number of rotatable bonds is 4. The Morgan fingerprint density at radius 3 is 3.00 bits per heavy atom. The van der Waals surface area contributed by atoms with E-state index in [-0.39, 0.29) is 11.9 Å². The second kappa shape index (κ2) is 4.71. The molecule has 0 radical (unpaired) electrons. The van der Waals surface area contributed by atoms with Crippen molar-refractivity contribution in [2.75, 3.05) is 6.61 Å². The topological polar surface area (TPSA) is 36.3 Å². The number of halogens is 1. The third-order valence-electron chi connectivity index (χ3n) is 3.38. The smallest absolute Gasteiger partial charge is 0.158 e. The third-order valence-corrected chi connectivity index (χ3v) is 3.79. The summed E-state index contributed by atoms with van der Waals surface area (Å²) in [4.78, 5) is 0. The van der Waals surface area contributed by atoms with Crippen LogP contribution in [0.5, 0.6) is 0 Å². The van der Waals surface area contributed by atoms with Crippen LogP contribution in [0.25, 0.3) is 0 Å². The highest BCUT2D eigenvalue weighted by Gasteiger charge is 2.46. The van der Waals surface area contributed by atoms with E-state index >= 15 is 0 Å². The van der Waals surface area contributed by atoms with Gasteiger partial charge in [0.1, 0.15) is 0 Å². The van der Waals surface area contributed by atoms with Gasteiger partial charge in [0.25, 0.3) is 0 Å². The van der Waals surface area contributed by atoms with Gasteiger partial charge in [-0.2, -0.15) is 5.10 Å². The van der Waals surface area contributed by atoms with Gasteiger partial charge in [-0.1, -0.05) is 0 Å². The molecule has 17 heavy (non-hydrogen) atoms. The zero-order valence-corrected chi connectivity index (χ0v) is 11.4. The van der Waals surface area contributed by atoms with Gasteiger partial charge in [-0.05, 0) is 48.0 Å². The molecule has 1 atom stereocenters. The Morgan fingerprint density at radius 1 is 1.53 bits per heavy atom. The highest BCUT2D eigenvalue weighted by atomic mass is 79.9. The fraction of sp³-hybridized carbons (Fsp3) is 0.750. The summed E-state index contributed by atoms with van der Waals surface area (Å²) < 4.78 is 14.7. The maximum absolute atomic E-state index is 6.10. The predicted molar refractivity (Wildman–Crippen MR) is 66.6 cm³/mol. The van der Waals surface area contributed by atoms with E-state index in [0.717, 1.165) is 36.9 Å². The van der Waals surface area contributed by atoms with E-state index in [4.69, 9.17) is 9.47 Å². The van der Waals surface area contributed by atoms with Crippen molar-refractivity contribution in [2.45, 2.75) is 50.5 Å². The molecule has 1 unspecified atom stereocenters. The Bertz CT molecular complexity index is 384. The van der Waals surface area contributed by atoms with E-state index in [0.29, 0.717) is 0 Å². The Kier molecular flexibility index (Phi) is 3.23. The lowest BCUT2D eigenvalue weighted by atomic mass is 10.2. The minimum absolute atomic E-state index is 0.00486. The van der Waals surface area contributed by atoms with Gasteiger partial charge in [-0.25, -0.2) is 0 Å². The average molecular weight is 301 g/mol. The van der Waals surface area contributed by atoms with Gasteiger partial charge in [0.15, 0.2) is 6.29 Å². The zero-order valence-electron chi connectivity index (χ0n) is 9.77. The van der Waals surface area contributed by atoms with E-state index in [2.05, 4.69) is 21.0 Å². The Labute approximate surface area is 109 Å². The molecular weight excluding hydrogens is 284 g/mol. The highest BCUT2D eigenvalue weighted by Crippen LogP contribution is 2.43. The van der Waals surface area contributed by atoms with Crippen molar-refractivity contribution in [3.63, 3.8) is 0 Å². The third kappa shape index (κ3) is 2.89. The molecule has 2 aliphatic rings. The van der Waals surface area contributed by atoms with Gasteiger partial charge < -0.3 is 9.47 Å². The molecule has 2 fully saturated rings. The number of hydrogen-bond acceptors (Lipinski definition) is 3. The molecule has 0 amide bonds. The lowest BCUT2D eigenvalue weighted by molar-refractivity contribution is -0.200. The Hall–Kier alpha value is -0.390. The quantitative estimate of drug-likeness (QED) is 0.858. The highest BCUT2D eigenvalue weighted by molar-refractivity contribution is 9.10. The van der Waals surface area contributed by atoms with Crippen LogP contribution in [0.1, 0.15) is 32.1 Å². The minimum atomic E-state index is -0.0204. The summed E-state index contributed by atoms with van der Waals surface area (Å²) in [5.74, 6) is 0. The van der Waals surface area contributed by atoms with E-state index in [1.807, 2.05) is 17.1 Å². The maximum Gasteiger partial charge on any atom is 0.158 e. The molecule has 4 nitrogen and oxygen atoms in total. The number of nitrogens with zero attached hydrogens (tertiary/aromatic N) is 2. The summed E-state index contributed by atoms with van der Waals surface area (Å²) in [7, 11) is 0. The van der Waals surface area contributed by atoms with Crippen molar-refractivity contribution in [3.8, 4) is 0 Å². The Balaban J connectivity index is 1.58. The molecule has 0 aromatic carbocycles. The van der Waals surface area contributed by atoms with Crippen LogP contribution < -0.4 is 0 Å². The second-order valence-electron chi connectivity index (χ2n) is 4.95. The number of hydrogen-bond donors (Lipinski definition) is 0. The summed E-state index contributed by atoms with van der Waals surface area (Å²) in [6.07, 6.45) is 9.45. The minimum Gasteiger partial charge on any atom is -0.353 e. The normalized spacial score (nSPS) is 27.0. The van der Waals surface area contributed by atoms with Crippen LogP contribution in [0.3, 0.4) is 0 Å². The van der Waals surface area contributed by atoms with E-state index in [1.54, 1.807) is 0 Å². The van der Waals surface area contributed by atoms with Gasteiger partial charge in [0, 0.05) is 12.8 Å². The van der Waals surface area contributed by atoms with Crippen LogP contribution in [0.2, 0.25) is 0 Å². The van der Waals surface area contributed by atoms with Crippen LogP contribution >= 0.6 is 15.9 Å². The molecule has 1 aliphatic heterocycles. The number of aromatic nitrogens is 2. The van der Waals surface area contributed by atoms with Crippen LogP contribution in [-0.4, -0.2) is 28.3 Å². The van der Waals surface area contributed by atoms with Crippen molar-refractivity contribution < 1.29 is 9.47 Å². The fourth-order valence-electron chi connectivity index (χ4n) is 2.26. The number of ether oxygens (including phenoxy) is 2. The second-order valence-corrected chi connectivity index (χ2v) is 5.87. The lowest BCUT2D eigenvalue weighted by Gasteiger charge is -2.27. The first-order valence-electron chi connectivity index (χ1n) is 6.23.